The van der Waals surface area contributed by atoms with Gasteiger partial charge in [-0.3, -0.25) is 0 Å². The van der Waals surface area contributed by atoms with Crippen molar-refractivity contribution >= 4 is 0 Å². The van der Waals surface area contributed by atoms with E-state index >= 15 is 0 Å². The maximum atomic E-state index is 0. The average molecular weight is 282 g/mol. The molecule has 45 valence electrons. The van der Waals surface area contributed by atoms with Gasteiger partial charge in [-0.05, 0) is 0 Å². The summed E-state index contributed by atoms with van der Waals surface area (Å²) in [5, 5.41) is 0. The van der Waals surface area contributed by atoms with Crippen LogP contribution < -0.4 is 71.9 Å². The Morgan fingerprint density at radius 2 is 0.500 bits per heavy atom. The molecular formula is F5GdLiNa. The molecule has 0 rings (SSSR count). The van der Waals surface area contributed by atoms with Crippen molar-refractivity contribution in [3.05, 3.63) is 0 Å². The molecule has 0 saturated carbocycles. The second-order valence-corrected chi connectivity index (χ2v) is 0. The Kier molecular flexibility index (Phi) is 1950. The largest absolute Gasteiger partial charge is 3.00 e. The summed E-state index contributed by atoms with van der Waals surface area (Å²) in [6, 6.07) is 0. The Morgan fingerprint density at radius 1 is 0.500 bits per heavy atom. The van der Waals surface area contributed by atoms with Crippen molar-refractivity contribution in [1.82, 2.24) is 0 Å². The maximum absolute atomic E-state index is 0. The Hall–Kier alpha value is 2.57. The van der Waals surface area contributed by atoms with Crippen LogP contribution in [0.1, 0.15) is 0 Å². The van der Waals surface area contributed by atoms with E-state index < -0.39 is 0 Å². The maximum Gasteiger partial charge on any atom is 3.00 e. The van der Waals surface area contributed by atoms with Gasteiger partial charge in [-0.25, -0.2) is 0 Å². The molecule has 0 bridgehead atoms. The minimum atomic E-state index is 0. The molecule has 0 fully saturated rings. The van der Waals surface area contributed by atoms with Crippen LogP contribution in [0, 0.1) is 39.9 Å². The van der Waals surface area contributed by atoms with Crippen LogP contribution >= 0.6 is 0 Å². The van der Waals surface area contributed by atoms with Crippen molar-refractivity contribution in [1.29, 1.82) is 0 Å². The first-order valence-corrected chi connectivity index (χ1v) is 0. The van der Waals surface area contributed by atoms with Crippen LogP contribution in [0.4, 0.5) is 0 Å². The fourth-order valence-electron chi connectivity index (χ4n) is 0. The monoisotopic (exact) mass is 283 g/mol. The average Bonchev–Trinajstić information content (AvgIpc) is 0. The van der Waals surface area contributed by atoms with Crippen LogP contribution in [-0.2, 0) is 0 Å². The van der Waals surface area contributed by atoms with Gasteiger partial charge in [-0.2, -0.15) is 0 Å². The number of halogens is 5. The van der Waals surface area contributed by atoms with Gasteiger partial charge in [0.25, 0.3) is 0 Å². The summed E-state index contributed by atoms with van der Waals surface area (Å²) >= 11 is 0. The molecule has 0 aliphatic heterocycles. The van der Waals surface area contributed by atoms with Gasteiger partial charge < -0.3 is 23.5 Å². The standard InChI is InChI=1S/5FH.Gd.Li.Na/h5*1H;;;/q;;;;;+3;2*+1/p-5. The predicted molar refractivity (Wildman–Crippen MR) is 0 cm³/mol. The first-order valence-electron chi connectivity index (χ1n) is 0. The molecule has 0 heterocycles. The van der Waals surface area contributed by atoms with Crippen molar-refractivity contribution in [3.8, 4) is 0 Å². The molecule has 0 atom stereocenters. The van der Waals surface area contributed by atoms with Gasteiger partial charge in [-0.1, -0.05) is 0 Å². The summed E-state index contributed by atoms with van der Waals surface area (Å²) in [5.74, 6) is 0. The normalized spacial score (nSPS) is 0. The molecule has 0 aromatic carbocycles. The molecule has 0 unspecified atom stereocenters. The van der Waals surface area contributed by atoms with E-state index in [0.29, 0.717) is 0 Å². The zero-order valence-corrected chi connectivity index (χ0v) is 8.51. The first kappa shape index (κ1) is 146. The Morgan fingerprint density at radius 3 is 0.500 bits per heavy atom. The van der Waals surface area contributed by atoms with E-state index in [0.717, 1.165) is 0 Å². The summed E-state index contributed by atoms with van der Waals surface area (Å²) in [6.45, 7) is 0. The second kappa shape index (κ2) is 106. The van der Waals surface area contributed by atoms with Crippen LogP contribution in [0.2, 0.25) is 0 Å². The molecule has 0 saturated heterocycles. The summed E-state index contributed by atoms with van der Waals surface area (Å²) in [5.41, 5.74) is 0. The van der Waals surface area contributed by atoms with E-state index in [2.05, 4.69) is 0 Å². The molecule has 0 N–H and O–H groups in total. The van der Waals surface area contributed by atoms with E-state index in [1.54, 1.807) is 0 Å². The van der Waals surface area contributed by atoms with Gasteiger partial charge in [-0.15, -0.1) is 0 Å². The van der Waals surface area contributed by atoms with Crippen LogP contribution in [0.5, 0.6) is 0 Å². The minimum Gasteiger partial charge on any atom is -1.00 e. The van der Waals surface area contributed by atoms with E-state index in [9.17, 15) is 0 Å². The van der Waals surface area contributed by atoms with Gasteiger partial charge in [0.2, 0.25) is 0 Å². The van der Waals surface area contributed by atoms with Crippen LogP contribution in [-0.4, -0.2) is 0 Å². The molecule has 0 aliphatic rings. The van der Waals surface area contributed by atoms with Crippen LogP contribution in [0.15, 0.2) is 0 Å². The zero-order valence-electron chi connectivity index (χ0n) is 4.24. The molecule has 0 spiro atoms. The topological polar surface area (TPSA) is 0 Å². The second-order valence-electron chi connectivity index (χ2n) is 0. The van der Waals surface area contributed by atoms with Crippen molar-refractivity contribution < 1.29 is 112 Å². The molecular weight excluding hydrogens is 282 g/mol. The zero-order chi connectivity index (χ0) is 0. The third kappa shape index (κ3) is 74.3. The van der Waals surface area contributed by atoms with Crippen molar-refractivity contribution in [2.24, 2.45) is 0 Å². The third-order valence-electron chi connectivity index (χ3n) is 0. The van der Waals surface area contributed by atoms with Gasteiger partial charge in [0.1, 0.15) is 0 Å². The van der Waals surface area contributed by atoms with Crippen molar-refractivity contribution in [2.45, 2.75) is 0 Å². The summed E-state index contributed by atoms with van der Waals surface area (Å²) in [4.78, 5) is 0. The summed E-state index contributed by atoms with van der Waals surface area (Å²) in [7, 11) is 0. The summed E-state index contributed by atoms with van der Waals surface area (Å²) in [6.07, 6.45) is 0. The smallest absolute Gasteiger partial charge is 1.00 e. The Bertz CT molecular complexity index is 12.4. The van der Waals surface area contributed by atoms with Crippen molar-refractivity contribution in [3.63, 3.8) is 0 Å². The van der Waals surface area contributed by atoms with E-state index in [1.165, 1.54) is 0 Å². The number of hydrogen-bond acceptors (Lipinski definition) is 0. The molecule has 0 aliphatic carbocycles. The Labute approximate surface area is 110 Å². The molecule has 1 radical (unpaired) electrons. The molecule has 0 amide bonds. The quantitative estimate of drug-likeness (QED) is 0.306. The molecule has 8 heavy (non-hydrogen) atoms. The molecule has 0 nitrogen and oxygen atoms in total. The minimum absolute atomic E-state index is 0. The first-order chi connectivity index (χ1) is 0. The number of rotatable bonds is 0. The van der Waals surface area contributed by atoms with E-state index in [1.807, 2.05) is 0 Å². The Balaban J connectivity index is 0. The van der Waals surface area contributed by atoms with Crippen LogP contribution in [0.3, 0.4) is 0 Å². The fraction of sp³-hybridized carbons (Fsp3) is 0. The van der Waals surface area contributed by atoms with E-state index in [4.69, 9.17) is 0 Å². The van der Waals surface area contributed by atoms with Gasteiger partial charge in [0, 0.05) is 0 Å². The van der Waals surface area contributed by atoms with Crippen molar-refractivity contribution in [2.75, 3.05) is 0 Å². The SMILES string of the molecule is [F-].[F-].[F-].[F-].[F-].[Gd+3].[Li+].[Na+]. The number of hydrogen-bond donors (Lipinski definition) is 0. The fourth-order valence-corrected chi connectivity index (χ4v) is 0. The van der Waals surface area contributed by atoms with Gasteiger partial charge in [0.05, 0.1) is 0 Å². The summed E-state index contributed by atoms with van der Waals surface area (Å²) < 4.78 is 0. The van der Waals surface area contributed by atoms with Crippen LogP contribution in [0.25, 0.3) is 0 Å². The molecule has 8 heteroatoms. The molecule has 0 aromatic rings. The molecule has 0 aromatic heterocycles. The van der Waals surface area contributed by atoms with Gasteiger partial charge >= 0.3 is 88.4 Å². The predicted octanol–water partition coefficient (Wildman–Crippen LogP) is -21.0. The van der Waals surface area contributed by atoms with Gasteiger partial charge in [0.15, 0.2) is 0 Å². The third-order valence-corrected chi connectivity index (χ3v) is 0. The van der Waals surface area contributed by atoms with E-state index in [-0.39, 0.29) is 112 Å².